The number of aromatic carboxylic acids is 1. The maximum atomic E-state index is 12.6. The molecule has 0 aliphatic rings. The molecular formula is C13H22N2O4S. The highest BCUT2D eigenvalue weighted by Crippen LogP contribution is 2.26. The largest absolute Gasteiger partial charge is 0.477 e. The Morgan fingerprint density at radius 2 is 1.95 bits per heavy atom. The van der Waals surface area contributed by atoms with Gasteiger partial charge in [-0.25, -0.2) is 13.2 Å². The van der Waals surface area contributed by atoms with E-state index in [0.717, 1.165) is 0 Å². The minimum Gasteiger partial charge on any atom is -0.477 e. The van der Waals surface area contributed by atoms with Crippen LogP contribution in [0.2, 0.25) is 0 Å². The zero-order valence-electron chi connectivity index (χ0n) is 12.5. The molecule has 1 heterocycles. The lowest BCUT2D eigenvalue weighted by molar-refractivity contribution is 0.0685. The Labute approximate surface area is 120 Å². The summed E-state index contributed by atoms with van der Waals surface area (Å²) in [5.41, 5.74) is -0.551. The van der Waals surface area contributed by atoms with Crippen LogP contribution in [0.25, 0.3) is 0 Å². The summed E-state index contributed by atoms with van der Waals surface area (Å²) in [7, 11) is -2.19. The van der Waals surface area contributed by atoms with Crippen molar-refractivity contribution in [3.8, 4) is 0 Å². The average Bonchev–Trinajstić information content (AvgIpc) is 2.82. The first-order chi connectivity index (χ1) is 9.07. The first kappa shape index (κ1) is 16.7. The molecular weight excluding hydrogens is 280 g/mol. The van der Waals surface area contributed by atoms with Crippen molar-refractivity contribution in [3.05, 3.63) is 18.0 Å². The van der Waals surface area contributed by atoms with Crippen LogP contribution in [0.15, 0.2) is 17.2 Å². The molecule has 0 unspecified atom stereocenters. The Morgan fingerprint density at radius 3 is 2.30 bits per heavy atom. The minimum absolute atomic E-state index is 0.0146. The van der Waals surface area contributed by atoms with Crippen LogP contribution in [0.3, 0.4) is 0 Å². The zero-order chi connectivity index (χ0) is 15.7. The third-order valence-corrected chi connectivity index (χ3v) is 5.84. The number of nitrogens with zero attached hydrogens (tertiary/aromatic N) is 2. The van der Waals surface area contributed by atoms with Crippen LogP contribution in [0.1, 0.15) is 44.6 Å². The van der Waals surface area contributed by atoms with Gasteiger partial charge in [-0.2, -0.15) is 4.31 Å². The van der Waals surface area contributed by atoms with Gasteiger partial charge in [-0.1, -0.05) is 6.92 Å². The van der Waals surface area contributed by atoms with Crippen molar-refractivity contribution in [3.63, 3.8) is 0 Å². The zero-order valence-corrected chi connectivity index (χ0v) is 13.4. The van der Waals surface area contributed by atoms with Crippen molar-refractivity contribution in [2.75, 3.05) is 7.05 Å². The SMILES string of the molecule is CCn1cc(S(=O)(=O)N(C)C(C)(C)CC)cc1C(=O)O. The number of hydrogen-bond donors (Lipinski definition) is 1. The molecule has 0 aliphatic heterocycles. The van der Waals surface area contributed by atoms with Crippen molar-refractivity contribution in [1.82, 2.24) is 8.87 Å². The van der Waals surface area contributed by atoms with Gasteiger partial charge in [0.2, 0.25) is 10.0 Å². The number of hydrogen-bond acceptors (Lipinski definition) is 3. The predicted molar refractivity (Wildman–Crippen MR) is 76.4 cm³/mol. The first-order valence-electron chi connectivity index (χ1n) is 6.50. The van der Waals surface area contributed by atoms with E-state index in [9.17, 15) is 13.2 Å². The molecule has 1 aromatic heterocycles. The van der Waals surface area contributed by atoms with Crippen LogP contribution in [0, 0.1) is 0 Å². The normalized spacial score (nSPS) is 12.9. The van der Waals surface area contributed by atoms with Crippen LogP contribution in [-0.2, 0) is 16.6 Å². The number of carbonyl (C=O) groups is 1. The van der Waals surface area contributed by atoms with E-state index in [4.69, 9.17) is 5.11 Å². The number of sulfonamides is 1. The number of carboxylic acid groups (broad SMARTS) is 1. The maximum Gasteiger partial charge on any atom is 0.352 e. The average molecular weight is 302 g/mol. The smallest absolute Gasteiger partial charge is 0.352 e. The summed E-state index contributed by atoms with van der Waals surface area (Å²) in [6, 6.07) is 1.21. The quantitative estimate of drug-likeness (QED) is 0.871. The molecule has 0 saturated heterocycles. The lowest BCUT2D eigenvalue weighted by Gasteiger charge is -2.33. The number of rotatable bonds is 6. The molecule has 0 amide bonds. The van der Waals surface area contributed by atoms with Crippen molar-refractivity contribution in [2.24, 2.45) is 0 Å². The molecule has 0 aliphatic carbocycles. The first-order valence-corrected chi connectivity index (χ1v) is 7.94. The van der Waals surface area contributed by atoms with E-state index in [1.54, 1.807) is 6.92 Å². The molecule has 114 valence electrons. The molecule has 1 N–H and O–H groups in total. The fourth-order valence-electron chi connectivity index (χ4n) is 1.77. The van der Waals surface area contributed by atoms with Gasteiger partial charge in [-0.15, -0.1) is 0 Å². The van der Waals surface area contributed by atoms with Crippen LogP contribution in [0.4, 0.5) is 0 Å². The summed E-state index contributed by atoms with van der Waals surface area (Å²) >= 11 is 0. The fourth-order valence-corrected chi connectivity index (χ4v) is 3.39. The van der Waals surface area contributed by atoms with Gasteiger partial charge >= 0.3 is 5.97 Å². The van der Waals surface area contributed by atoms with Gasteiger partial charge in [-0.3, -0.25) is 0 Å². The van der Waals surface area contributed by atoms with Crippen LogP contribution in [-0.4, -0.2) is 41.0 Å². The monoisotopic (exact) mass is 302 g/mol. The standard InChI is InChI=1S/C13H22N2O4S/c1-6-13(3,4)14(5)20(18,19)10-8-11(12(16)17)15(7-2)9-10/h8-9H,6-7H2,1-5H3,(H,16,17). The number of aromatic nitrogens is 1. The van der Waals surface area contributed by atoms with E-state index >= 15 is 0 Å². The third-order valence-electron chi connectivity index (χ3n) is 3.81. The Balaban J connectivity index is 3.33. The maximum absolute atomic E-state index is 12.6. The summed E-state index contributed by atoms with van der Waals surface area (Å²) in [4.78, 5) is 11.1. The lowest BCUT2D eigenvalue weighted by Crippen LogP contribution is -2.44. The van der Waals surface area contributed by atoms with Crippen LogP contribution >= 0.6 is 0 Å². The molecule has 0 aromatic carbocycles. The number of aryl methyl sites for hydroxylation is 1. The van der Waals surface area contributed by atoms with Gasteiger partial charge in [0.1, 0.15) is 10.6 Å². The molecule has 1 rings (SSSR count). The second kappa shape index (κ2) is 5.57. The van der Waals surface area contributed by atoms with Gasteiger partial charge in [0.05, 0.1) is 0 Å². The van der Waals surface area contributed by atoms with Gasteiger partial charge in [0.25, 0.3) is 0 Å². The molecule has 7 heteroatoms. The highest BCUT2D eigenvalue weighted by atomic mass is 32.2. The second-order valence-electron chi connectivity index (χ2n) is 5.29. The molecule has 0 bridgehead atoms. The van der Waals surface area contributed by atoms with Crippen LogP contribution < -0.4 is 0 Å². The van der Waals surface area contributed by atoms with Crippen molar-refractivity contribution >= 4 is 16.0 Å². The van der Waals surface area contributed by atoms with E-state index in [2.05, 4.69) is 0 Å². The number of carboxylic acids is 1. The lowest BCUT2D eigenvalue weighted by atomic mass is 10.0. The minimum atomic E-state index is -3.70. The molecule has 0 fully saturated rings. The Bertz CT molecular complexity index is 602. The molecule has 0 spiro atoms. The van der Waals surface area contributed by atoms with E-state index < -0.39 is 21.5 Å². The summed E-state index contributed by atoms with van der Waals surface area (Å²) in [5, 5.41) is 9.09. The van der Waals surface area contributed by atoms with Crippen molar-refractivity contribution in [1.29, 1.82) is 0 Å². The van der Waals surface area contributed by atoms with E-state index in [0.29, 0.717) is 13.0 Å². The van der Waals surface area contributed by atoms with Crippen molar-refractivity contribution < 1.29 is 18.3 Å². The summed E-state index contributed by atoms with van der Waals surface area (Å²) in [5.74, 6) is -1.13. The molecule has 0 saturated carbocycles. The van der Waals surface area contributed by atoms with Crippen molar-refractivity contribution in [2.45, 2.75) is 51.1 Å². The van der Waals surface area contributed by atoms with E-state index in [1.807, 2.05) is 20.8 Å². The van der Waals surface area contributed by atoms with E-state index in [1.165, 1.54) is 28.2 Å². The molecule has 20 heavy (non-hydrogen) atoms. The molecule has 1 aromatic rings. The van der Waals surface area contributed by atoms with Gasteiger partial charge in [-0.05, 0) is 33.3 Å². The topological polar surface area (TPSA) is 79.6 Å². The molecule has 0 atom stereocenters. The predicted octanol–water partition coefficient (Wildman–Crippen LogP) is 2.02. The van der Waals surface area contributed by atoms with Gasteiger partial charge in [0.15, 0.2) is 0 Å². The molecule has 0 radical (unpaired) electrons. The fraction of sp³-hybridized carbons (Fsp3) is 0.615. The summed E-state index contributed by atoms with van der Waals surface area (Å²) in [6.45, 7) is 7.74. The highest BCUT2D eigenvalue weighted by molar-refractivity contribution is 7.89. The van der Waals surface area contributed by atoms with Crippen LogP contribution in [0.5, 0.6) is 0 Å². The second-order valence-corrected chi connectivity index (χ2v) is 7.26. The third kappa shape index (κ3) is 2.88. The summed E-state index contributed by atoms with van der Waals surface area (Å²) < 4.78 is 27.8. The Hall–Kier alpha value is -1.34. The Kier molecular flexibility index (Phi) is 4.66. The van der Waals surface area contributed by atoms with Gasteiger partial charge < -0.3 is 9.67 Å². The van der Waals surface area contributed by atoms with E-state index in [-0.39, 0.29) is 10.6 Å². The molecule has 6 nitrogen and oxygen atoms in total. The summed E-state index contributed by atoms with van der Waals surface area (Å²) in [6.07, 6.45) is 2.03. The van der Waals surface area contributed by atoms with Gasteiger partial charge in [0, 0.05) is 25.3 Å². The Morgan fingerprint density at radius 1 is 1.40 bits per heavy atom. The highest BCUT2D eigenvalue weighted by Gasteiger charge is 2.34.